The molecule has 3 saturated heterocycles. The summed E-state index contributed by atoms with van der Waals surface area (Å²) in [6.45, 7) is 7.72. The van der Waals surface area contributed by atoms with Crippen LogP contribution in [0.4, 0.5) is 4.79 Å². The van der Waals surface area contributed by atoms with Crippen LogP contribution in [-0.2, 0) is 4.74 Å². The molecule has 29 heavy (non-hydrogen) atoms. The highest BCUT2D eigenvalue weighted by Crippen LogP contribution is 2.48. The fraction of sp³-hybridized carbons (Fsp3) is 0.818. The first-order valence-corrected chi connectivity index (χ1v) is 11.5. The summed E-state index contributed by atoms with van der Waals surface area (Å²) in [5.74, 6) is 1.04. The van der Waals surface area contributed by atoms with E-state index in [1.807, 2.05) is 18.0 Å². The van der Waals surface area contributed by atoms with Crippen molar-refractivity contribution >= 4 is 6.09 Å². The predicted molar refractivity (Wildman–Crippen MR) is 108 cm³/mol. The fourth-order valence-electron chi connectivity index (χ4n) is 6.39. The lowest BCUT2D eigenvalue weighted by molar-refractivity contribution is -0.00509. The Morgan fingerprint density at radius 2 is 2.03 bits per heavy atom. The van der Waals surface area contributed by atoms with Crippen molar-refractivity contribution in [3.8, 4) is 0 Å². The molecule has 1 amide bonds. The first-order chi connectivity index (χ1) is 14.2. The Balaban J connectivity index is 1.11. The Bertz CT molecular complexity index is 695. The Morgan fingerprint density at radius 1 is 1.21 bits per heavy atom. The van der Waals surface area contributed by atoms with Crippen molar-refractivity contribution in [1.82, 2.24) is 19.7 Å². The molecule has 1 aliphatic carbocycles. The summed E-state index contributed by atoms with van der Waals surface area (Å²) in [4.78, 5) is 23.3. The molecular weight excluding hydrogens is 368 g/mol. The van der Waals surface area contributed by atoms with Gasteiger partial charge in [-0.3, -0.25) is 4.90 Å². The van der Waals surface area contributed by atoms with E-state index in [-0.39, 0.29) is 6.09 Å². The number of oxazole rings is 1. The molecule has 0 radical (unpaired) electrons. The third-order valence-corrected chi connectivity index (χ3v) is 7.81. The normalized spacial score (nSPS) is 30.7. The van der Waals surface area contributed by atoms with Gasteiger partial charge in [0.15, 0.2) is 6.39 Å². The Labute approximate surface area is 173 Å². The van der Waals surface area contributed by atoms with Gasteiger partial charge in [-0.2, -0.15) is 0 Å². The first-order valence-electron chi connectivity index (χ1n) is 11.5. The summed E-state index contributed by atoms with van der Waals surface area (Å²) in [5, 5.41) is 0. The maximum atomic E-state index is 11.9. The van der Waals surface area contributed by atoms with E-state index >= 15 is 0 Å². The number of ether oxygens (including phenoxy) is 1. The van der Waals surface area contributed by atoms with Gasteiger partial charge in [0.25, 0.3) is 0 Å². The molecule has 1 saturated carbocycles. The smallest absolute Gasteiger partial charge is 0.409 e. The highest BCUT2D eigenvalue weighted by Gasteiger charge is 2.51. The minimum absolute atomic E-state index is 0.130. The van der Waals surface area contributed by atoms with E-state index < -0.39 is 0 Å². The number of hydrogen-bond acceptors (Lipinski definition) is 6. The molecule has 1 unspecified atom stereocenters. The minimum atomic E-state index is -0.130. The highest BCUT2D eigenvalue weighted by molar-refractivity contribution is 5.69. The van der Waals surface area contributed by atoms with Crippen molar-refractivity contribution in [2.24, 2.45) is 5.41 Å². The van der Waals surface area contributed by atoms with Gasteiger partial charge < -0.3 is 19.0 Å². The van der Waals surface area contributed by atoms with E-state index in [4.69, 9.17) is 9.15 Å². The molecule has 0 aromatic carbocycles. The van der Waals surface area contributed by atoms with Crippen LogP contribution in [0.3, 0.4) is 0 Å². The molecule has 7 nitrogen and oxygen atoms in total. The summed E-state index contributed by atoms with van der Waals surface area (Å²) < 4.78 is 10.8. The molecule has 3 aliphatic heterocycles. The van der Waals surface area contributed by atoms with Crippen molar-refractivity contribution in [3.63, 3.8) is 0 Å². The third-order valence-electron chi connectivity index (χ3n) is 7.81. The monoisotopic (exact) mass is 402 g/mol. The van der Waals surface area contributed by atoms with E-state index in [1.165, 1.54) is 64.6 Å². The van der Waals surface area contributed by atoms with Crippen LogP contribution in [0.1, 0.15) is 63.7 Å². The third kappa shape index (κ3) is 3.67. The topological polar surface area (TPSA) is 62.1 Å². The maximum Gasteiger partial charge on any atom is 0.409 e. The highest BCUT2D eigenvalue weighted by atomic mass is 16.6. The second-order valence-electron chi connectivity index (χ2n) is 9.52. The summed E-state index contributed by atoms with van der Waals surface area (Å²) in [5.41, 5.74) is 0.362. The van der Waals surface area contributed by atoms with E-state index in [9.17, 15) is 4.79 Å². The predicted octanol–water partition coefficient (Wildman–Crippen LogP) is 3.29. The van der Waals surface area contributed by atoms with Crippen LogP contribution < -0.4 is 0 Å². The van der Waals surface area contributed by atoms with Crippen LogP contribution >= 0.6 is 0 Å². The largest absolute Gasteiger partial charge is 0.450 e. The molecule has 2 atom stereocenters. The van der Waals surface area contributed by atoms with Gasteiger partial charge in [0, 0.05) is 30.6 Å². The summed E-state index contributed by atoms with van der Waals surface area (Å²) in [6, 6.07) is 1.79. The van der Waals surface area contributed by atoms with Crippen LogP contribution in [0, 0.1) is 5.41 Å². The van der Waals surface area contributed by atoms with Crippen molar-refractivity contribution in [1.29, 1.82) is 0 Å². The van der Waals surface area contributed by atoms with Crippen molar-refractivity contribution in [2.45, 2.75) is 70.0 Å². The molecule has 1 aromatic heterocycles. The number of likely N-dealkylation sites (tertiary alicyclic amines) is 3. The average Bonchev–Trinajstić information content (AvgIpc) is 3.46. The number of hydrogen-bond donors (Lipinski definition) is 0. The molecule has 0 N–H and O–H groups in total. The van der Waals surface area contributed by atoms with Gasteiger partial charge in [-0.1, -0.05) is 0 Å². The lowest BCUT2D eigenvalue weighted by atomic mass is 9.78. The van der Waals surface area contributed by atoms with Crippen LogP contribution in [0.5, 0.6) is 0 Å². The molecular formula is C22H34N4O3. The maximum absolute atomic E-state index is 11.9. The van der Waals surface area contributed by atoms with Gasteiger partial charge in [-0.15, -0.1) is 0 Å². The van der Waals surface area contributed by atoms with Gasteiger partial charge in [-0.05, 0) is 71.5 Å². The van der Waals surface area contributed by atoms with Crippen LogP contribution in [-0.4, -0.2) is 77.2 Å². The number of carbonyl (C=O) groups is 1. The van der Waals surface area contributed by atoms with Crippen LogP contribution in [0.15, 0.2) is 17.0 Å². The quantitative estimate of drug-likeness (QED) is 0.770. The number of piperidine rings is 1. The van der Waals surface area contributed by atoms with Crippen molar-refractivity contribution in [3.05, 3.63) is 18.4 Å². The van der Waals surface area contributed by atoms with E-state index in [2.05, 4.69) is 14.8 Å². The molecule has 7 heteroatoms. The standard InChI is InChI=1S/C22H34N4O3/c1-2-28-21(27)25-14-22(15-25)8-5-18(12-22)24-10-6-17(7-11-24)26-9-3-4-19(26)20-13-23-16-29-20/h13,16-19H,2-12,14-15H2,1H3/t18?,19-/m1/s1. The summed E-state index contributed by atoms with van der Waals surface area (Å²) >= 11 is 0. The lowest BCUT2D eigenvalue weighted by Gasteiger charge is -2.48. The second kappa shape index (κ2) is 7.91. The molecule has 0 bridgehead atoms. The van der Waals surface area contributed by atoms with Crippen LogP contribution in [0.25, 0.3) is 0 Å². The zero-order valence-corrected chi connectivity index (χ0v) is 17.6. The molecule has 160 valence electrons. The van der Waals surface area contributed by atoms with Gasteiger partial charge >= 0.3 is 6.09 Å². The number of amides is 1. The molecule has 4 aliphatic rings. The molecule has 5 rings (SSSR count). The van der Waals surface area contributed by atoms with Gasteiger partial charge in [0.05, 0.1) is 18.8 Å². The first kappa shape index (κ1) is 19.4. The molecule has 1 aromatic rings. The van der Waals surface area contributed by atoms with Gasteiger partial charge in [0.1, 0.15) is 5.76 Å². The number of nitrogens with zero attached hydrogens (tertiary/aromatic N) is 4. The summed E-state index contributed by atoms with van der Waals surface area (Å²) in [6.07, 6.45) is 12.1. The van der Waals surface area contributed by atoms with E-state index in [0.29, 0.717) is 30.1 Å². The van der Waals surface area contributed by atoms with E-state index in [1.54, 1.807) is 6.39 Å². The zero-order chi connectivity index (χ0) is 19.8. The van der Waals surface area contributed by atoms with Gasteiger partial charge in [0.2, 0.25) is 0 Å². The van der Waals surface area contributed by atoms with Gasteiger partial charge in [-0.25, -0.2) is 9.78 Å². The zero-order valence-electron chi connectivity index (χ0n) is 17.6. The SMILES string of the molecule is CCOC(=O)N1CC2(CCC(N3CCC(N4CCC[C@@H]4c4cnco4)CC3)C2)C1. The number of carbonyl (C=O) groups excluding carboxylic acids is 1. The molecule has 4 heterocycles. The summed E-state index contributed by atoms with van der Waals surface area (Å²) in [7, 11) is 0. The average molecular weight is 403 g/mol. The second-order valence-corrected chi connectivity index (χ2v) is 9.52. The fourth-order valence-corrected chi connectivity index (χ4v) is 6.39. The van der Waals surface area contributed by atoms with Crippen molar-refractivity contribution < 1.29 is 13.9 Å². The molecule has 4 fully saturated rings. The Hall–Kier alpha value is -1.60. The lowest BCUT2D eigenvalue weighted by Crippen LogP contribution is -2.58. The molecule has 1 spiro atoms. The number of aromatic nitrogens is 1. The Morgan fingerprint density at radius 3 is 2.76 bits per heavy atom. The van der Waals surface area contributed by atoms with Crippen molar-refractivity contribution in [2.75, 3.05) is 39.3 Å². The minimum Gasteiger partial charge on any atom is -0.450 e. The van der Waals surface area contributed by atoms with E-state index in [0.717, 1.165) is 18.8 Å². The van der Waals surface area contributed by atoms with Crippen LogP contribution in [0.2, 0.25) is 0 Å². The Kier molecular flexibility index (Phi) is 5.28. The number of rotatable bonds is 4.